The Morgan fingerprint density at radius 3 is 1.73 bits per heavy atom. The van der Waals surface area contributed by atoms with Crippen LogP contribution in [-0.4, -0.2) is 0 Å². The molecule has 0 fully saturated rings. The van der Waals surface area contributed by atoms with Gasteiger partial charge >= 0.3 is 0 Å². The number of unbranched alkanes of at least 4 members (excludes halogenated alkanes) is 1. The first kappa shape index (κ1) is 33.3. The SMILES string of the molecule is CC1=C(/C=C/C(C)=C/C=C/C(C)=C/CC/C=C(C)/C=C/C=C(C)/C=C/C2=C(C)CCCC2(C)C)C(C)(C)C=CC1. The largest absolute Gasteiger partial charge is 0.0836 e. The molecule has 0 saturated carbocycles. The van der Waals surface area contributed by atoms with Crippen LogP contribution in [0.5, 0.6) is 0 Å². The van der Waals surface area contributed by atoms with Gasteiger partial charge in [-0.25, -0.2) is 0 Å². The van der Waals surface area contributed by atoms with E-state index in [-0.39, 0.29) is 5.41 Å². The lowest BCUT2D eigenvalue weighted by atomic mass is 9.72. The molecule has 216 valence electrons. The van der Waals surface area contributed by atoms with Gasteiger partial charge in [0, 0.05) is 5.41 Å². The molecule has 2 aliphatic carbocycles. The lowest BCUT2D eigenvalue weighted by Gasteiger charge is -2.32. The molecule has 0 saturated heterocycles. The molecule has 0 aromatic heterocycles. The van der Waals surface area contributed by atoms with Crippen molar-refractivity contribution in [3.8, 4) is 0 Å². The quantitative estimate of drug-likeness (QED) is 0.140. The maximum Gasteiger partial charge on any atom is 0.00749 e. The molecule has 0 heterocycles. The van der Waals surface area contributed by atoms with Gasteiger partial charge in [-0.3, -0.25) is 0 Å². The monoisotopic (exact) mass is 536 g/mol. The first-order chi connectivity index (χ1) is 18.8. The molecule has 2 rings (SSSR count). The second-order valence-corrected chi connectivity index (χ2v) is 13.1. The van der Waals surface area contributed by atoms with E-state index in [1.165, 1.54) is 58.3 Å². The normalized spacial score (nSPS) is 21.4. The first-order valence-electron chi connectivity index (χ1n) is 15.3. The summed E-state index contributed by atoms with van der Waals surface area (Å²) in [5.41, 5.74) is 11.6. The zero-order chi connectivity index (χ0) is 29.8. The molecule has 0 atom stereocenters. The van der Waals surface area contributed by atoms with Crippen molar-refractivity contribution in [3.05, 3.63) is 130 Å². The van der Waals surface area contributed by atoms with Crippen molar-refractivity contribution in [2.75, 3.05) is 0 Å². The molecule has 0 bridgehead atoms. The molecule has 2 aliphatic rings. The minimum Gasteiger partial charge on any atom is -0.0836 e. The van der Waals surface area contributed by atoms with Crippen LogP contribution in [-0.2, 0) is 0 Å². The molecule has 0 heteroatoms. The third-order valence-corrected chi connectivity index (χ3v) is 8.22. The highest BCUT2D eigenvalue weighted by atomic mass is 14.3. The average molecular weight is 537 g/mol. The van der Waals surface area contributed by atoms with Crippen LogP contribution in [0, 0.1) is 10.8 Å². The van der Waals surface area contributed by atoms with Crippen molar-refractivity contribution < 1.29 is 0 Å². The number of allylic oxidation sites excluding steroid dienone is 22. The van der Waals surface area contributed by atoms with Crippen LogP contribution < -0.4 is 0 Å². The lowest BCUT2D eigenvalue weighted by molar-refractivity contribution is 0.377. The van der Waals surface area contributed by atoms with Gasteiger partial charge in [0.05, 0.1) is 0 Å². The highest BCUT2D eigenvalue weighted by Crippen LogP contribution is 2.41. The number of hydrogen-bond acceptors (Lipinski definition) is 0. The van der Waals surface area contributed by atoms with Crippen LogP contribution in [0.15, 0.2) is 130 Å². The van der Waals surface area contributed by atoms with Crippen LogP contribution in [0.1, 0.15) is 108 Å². The first-order valence-corrected chi connectivity index (χ1v) is 15.3. The molecule has 0 spiro atoms. The third kappa shape index (κ3) is 11.3. The van der Waals surface area contributed by atoms with Gasteiger partial charge in [-0.2, -0.15) is 0 Å². The van der Waals surface area contributed by atoms with E-state index in [1.807, 2.05) is 0 Å². The van der Waals surface area contributed by atoms with E-state index >= 15 is 0 Å². The predicted molar refractivity (Wildman–Crippen MR) is 181 cm³/mol. The van der Waals surface area contributed by atoms with E-state index in [4.69, 9.17) is 0 Å². The summed E-state index contributed by atoms with van der Waals surface area (Å²) in [5.74, 6) is 0. The summed E-state index contributed by atoms with van der Waals surface area (Å²) < 4.78 is 0. The molecule has 0 nitrogen and oxygen atoms in total. The highest BCUT2D eigenvalue weighted by molar-refractivity contribution is 5.41. The second kappa shape index (κ2) is 15.8. The zero-order valence-corrected chi connectivity index (χ0v) is 27.3. The van der Waals surface area contributed by atoms with Gasteiger partial charge in [-0.1, -0.05) is 146 Å². The summed E-state index contributed by atoms with van der Waals surface area (Å²) in [6, 6.07) is 0. The molecule has 0 unspecified atom stereocenters. The van der Waals surface area contributed by atoms with Gasteiger partial charge in [0.25, 0.3) is 0 Å². The number of hydrogen-bond donors (Lipinski definition) is 0. The minimum absolute atomic E-state index is 0.118. The van der Waals surface area contributed by atoms with Crippen molar-refractivity contribution in [1.29, 1.82) is 0 Å². The fourth-order valence-electron chi connectivity index (χ4n) is 5.65. The Labute approximate surface area is 247 Å². The van der Waals surface area contributed by atoms with Crippen molar-refractivity contribution in [2.45, 2.75) is 108 Å². The predicted octanol–water partition coefficient (Wildman–Crippen LogP) is 12.6. The molecule has 0 aromatic carbocycles. The minimum atomic E-state index is 0.118. The van der Waals surface area contributed by atoms with E-state index < -0.39 is 0 Å². The standard InChI is InChI=1S/C40H56/c1-31(19-13-21-33(3)25-27-37-35(5)23-15-29-39(37,7)8)17-11-12-18-32(2)20-14-22-34(4)26-28-38-36(6)24-16-30-40(38,9)10/h13-15,17-22,25-29H,11-12,16,23-24,30H2,1-10H3/b19-13+,20-14+,27-25+,28-26+,31-17+,32-18+,33-21+,34-22+. The Kier molecular flexibility index (Phi) is 13.2. The van der Waals surface area contributed by atoms with Crippen LogP contribution in [0.25, 0.3) is 0 Å². The molecular weight excluding hydrogens is 480 g/mol. The van der Waals surface area contributed by atoms with Gasteiger partial charge in [-0.05, 0) is 96.6 Å². The molecule has 0 radical (unpaired) electrons. The van der Waals surface area contributed by atoms with Crippen LogP contribution in [0.2, 0.25) is 0 Å². The van der Waals surface area contributed by atoms with Crippen molar-refractivity contribution in [2.24, 2.45) is 10.8 Å². The van der Waals surface area contributed by atoms with E-state index in [2.05, 4.69) is 154 Å². The number of rotatable bonds is 11. The molecule has 40 heavy (non-hydrogen) atoms. The summed E-state index contributed by atoms with van der Waals surface area (Å²) in [5, 5.41) is 0. The molecular formula is C40H56. The third-order valence-electron chi connectivity index (χ3n) is 8.22. The van der Waals surface area contributed by atoms with Gasteiger partial charge in [0.15, 0.2) is 0 Å². The van der Waals surface area contributed by atoms with Crippen LogP contribution in [0.4, 0.5) is 0 Å². The fourth-order valence-corrected chi connectivity index (χ4v) is 5.65. The smallest absolute Gasteiger partial charge is 0.00749 e. The van der Waals surface area contributed by atoms with Gasteiger partial charge < -0.3 is 0 Å². The fraction of sp³-hybridized carbons (Fsp3) is 0.450. The molecule has 0 N–H and O–H groups in total. The van der Waals surface area contributed by atoms with Crippen LogP contribution >= 0.6 is 0 Å². The van der Waals surface area contributed by atoms with E-state index in [0.717, 1.165) is 19.3 Å². The molecule has 0 aromatic rings. The zero-order valence-electron chi connectivity index (χ0n) is 27.3. The Balaban J connectivity index is 1.82. The molecule has 0 aliphatic heterocycles. The van der Waals surface area contributed by atoms with E-state index in [0.29, 0.717) is 5.41 Å². The van der Waals surface area contributed by atoms with Crippen molar-refractivity contribution in [1.82, 2.24) is 0 Å². The van der Waals surface area contributed by atoms with E-state index in [1.54, 1.807) is 5.57 Å². The van der Waals surface area contributed by atoms with Crippen molar-refractivity contribution in [3.63, 3.8) is 0 Å². The summed E-state index contributed by atoms with van der Waals surface area (Å²) >= 11 is 0. The average Bonchev–Trinajstić information content (AvgIpc) is 2.85. The maximum absolute atomic E-state index is 2.38. The van der Waals surface area contributed by atoms with Gasteiger partial charge in [0.1, 0.15) is 0 Å². The van der Waals surface area contributed by atoms with Crippen LogP contribution in [0.3, 0.4) is 0 Å². The summed E-state index contributed by atoms with van der Waals surface area (Å²) in [7, 11) is 0. The van der Waals surface area contributed by atoms with E-state index in [9.17, 15) is 0 Å². The molecule has 0 amide bonds. The van der Waals surface area contributed by atoms with Crippen molar-refractivity contribution >= 4 is 0 Å². The maximum atomic E-state index is 2.38. The highest BCUT2D eigenvalue weighted by Gasteiger charge is 2.26. The summed E-state index contributed by atoms with van der Waals surface area (Å²) in [6.45, 7) is 22.6. The lowest BCUT2D eigenvalue weighted by Crippen LogP contribution is -2.19. The topological polar surface area (TPSA) is 0 Å². The second-order valence-electron chi connectivity index (χ2n) is 13.1. The Morgan fingerprint density at radius 2 is 1.23 bits per heavy atom. The van der Waals surface area contributed by atoms with Gasteiger partial charge in [-0.15, -0.1) is 0 Å². The summed E-state index contributed by atoms with van der Waals surface area (Å²) in [6.07, 6.45) is 38.6. The van der Waals surface area contributed by atoms with Gasteiger partial charge in [0.2, 0.25) is 0 Å². The Morgan fingerprint density at radius 1 is 0.700 bits per heavy atom. The summed E-state index contributed by atoms with van der Waals surface area (Å²) in [4.78, 5) is 0. The Bertz CT molecular complexity index is 1150. The Hall–Kier alpha value is -2.86.